The second kappa shape index (κ2) is 8.86. The van der Waals surface area contributed by atoms with Crippen molar-refractivity contribution in [3.8, 4) is 5.69 Å². The number of rotatable bonds is 6. The Labute approximate surface area is 189 Å². The summed E-state index contributed by atoms with van der Waals surface area (Å²) in [5.74, 6) is 0.0852. The maximum absolute atomic E-state index is 13.1. The van der Waals surface area contributed by atoms with E-state index in [1.807, 2.05) is 42.7 Å². The van der Waals surface area contributed by atoms with Crippen LogP contribution in [0.4, 0.5) is 0 Å². The van der Waals surface area contributed by atoms with Crippen LogP contribution in [0.2, 0.25) is 0 Å². The predicted molar refractivity (Wildman–Crippen MR) is 126 cm³/mol. The van der Waals surface area contributed by atoms with Crippen molar-refractivity contribution in [1.29, 1.82) is 0 Å². The molecule has 0 bridgehead atoms. The summed E-state index contributed by atoms with van der Waals surface area (Å²) in [7, 11) is -3.74. The molecule has 3 aromatic rings. The average molecular weight is 450 g/mol. The summed E-state index contributed by atoms with van der Waals surface area (Å²) in [5.41, 5.74) is 5.81. The monoisotopic (exact) mass is 449 g/mol. The Hall–Kier alpha value is -3.00. The molecule has 0 amide bonds. The van der Waals surface area contributed by atoms with E-state index in [0.717, 1.165) is 36.6 Å². The second-order valence-corrected chi connectivity index (χ2v) is 9.72. The van der Waals surface area contributed by atoms with Crippen LogP contribution in [-0.4, -0.2) is 43.3 Å². The first-order valence-corrected chi connectivity index (χ1v) is 12.1. The van der Waals surface area contributed by atoms with Gasteiger partial charge in [-0.1, -0.05) is 36.4 Å². The standard InChI is InChI=1S/C25H27N3O3S/c1-18-16-24(19(2)28(18)22-8-10-23(11-9-22)32(26,30)31)25(29)17-27-14-12-21(13-15-27)20-6-4-3-5-7-20/h3-12,16H,13-15,17H2,1-2H3,(H2,26,30,31). The van der Waals surface area contributed by atoms with Crippen LogP contribution in [0.3, 0.4) is 0 Å². The van der Waals surface area contributed by atoms with Crippen LogP contribution in [0.5, 0.6) is 0 Å². The SMILES string of the molecule is Cc1cc(C(=O)CN2CC=C(c3ccccc3)CC2)c(C)n1-c1ccc(S(N)(=O)=O)cc1. The summed E-state index contributed by atoms with van der Waals surface area (Å²) in [6.45, 7) is 5.82. The first-order chi connectivity index (χ1) is 15.2. The van der Waals surface area contributed by atoms with Gasteiger partial charge in [0.05, 0.1) is 11.4 Å². The molecule has 0 spiro atoms. The number of ketones is 1. The number of aryl methyl sites for hydroxylation is 1. The topological polar surface area (TPSA) is 85.4 Å². The fourth-order valence-corrected chi connectivity index (χ4v) is 4.80. The maximum atomic E-state index is 13.1. The van der Waals surface area contributed by atoms with Crippen molar-refractivity contribution in [2.45, 2.75) is 25.2 Å². The molecule has 1 aromatic heterocycles. The molecule has 0 radical (unpaired) electrons. The minimum atomic E-state index is -3.74. The number of Topliss-reactive ketones (excluding diaryl/α,β-unsaturated/α-hetero) is 1. The van der Waals surface area contributed by atoms with Gasteiger partial charge in [-0.15, -0.1) is 0 Å². The lowest BCUT2D eigenvalue weighted by Crippen LogP contribution is -2.33. The van der Waals surface area contributed by atoms with E-state index in [2.05, 4.69) is 23.1 Å². The molecule has 0 saturated heterocycles. The third-order valence-corrected chi connectivity index (χ3v) is 6.89. The van der Waals surface area contributed by atoms with E-state index >= 15 is 0 Å². The number of nitrogens with two attached hydrogens (primary N) is 1. The quantitative estimate of drug-likeness (QED) is 0.581. The molecular formula is C25H27N3O3S. The van der Waals surface area contributed by atoms with Crippen LogP contribution in [0.15, 0.2) is 71.6 Å². The van der Waals surface area contributed by atoms with Crippen molar-refractivity contribution < 1.29 is 13.2 Å². The molecule has 6 nitrogen and oxygen atoms in total. The Morgan fingerprint density at radius 2 is 1.72 bits per heavy atom. The molecule has 166 valence electrons. The van der Waals surface area contributed by atoms with Crippen molar-refractivity contribution in [2.24, 2.45) is 5.14 Å². The lowest BCUT2D eigenvalue weighted by Gasteiger charge is -2.25. The molecule has 1 aliphatic heterocycles. The molecule has 0 atom stereocenters. The molecular weight excluding hydrogens is 422 g/mol. The normalized spacial score (nSPS) is 14.9. The first kappa shape index (κ1) is 22.2. The number of primary sulfonamides is 1. The molecule has 2 aromatic carbocycles. The Morgan fingerprint density at radius 1 is 1.03 bits per heavy atom. The Kier molecular flexibility index (Phi) is 6.15. The van der Waals surface area contributed by atoms with E-state index in [-0.39, 0.29) is 10.7 Å². The van der Waals surface area contributed by atoms with Crippen LogP contribution in [-0.2, 0) is 10.0 Å². The largest absolute Gasteiger partial charge is 0.318 e. The van der Waals surface area contributed by atoms with E-state index in [1.54, 1.807) is 12.1 Å². The number of nitrogens with zero attached hydrogens (tertiary/aromatic N) is 2. The fourth-order valence-electron chi connectivity index (χ4n) is 4.28. The first-order valence-electron chi connectivity index (χ1n) is 10.6. The smallest absolute Gasteiger partial charge is 0.238 e. The molecule has 0 unspecified atom stereocenters. The summed E-state index contributed by atoms with van der Waals surface area (Å²) in [6, 6.07) is 18.6. The molecule has 32 heavy (non-hydrogen) atoms. The molecule has 7 heteroatoms. The van der Waals surface area contributed by atoms with Crippen LogP contribution < -0.4 is 5.14 Å². The number of carbonyl (C=O) groups is 1. The Balaban J connectivity index is 1.49. The summed E-state index contributed by atoms with van der Waals surface area (Å²) in [6.07, 6.45) is 3.13. The van der Waals surface area contributed by atoms with Gasteiger partial charge in [0.25, 0.3) is 0 Å². The van der Waals surface area contributed by atoms with E-state index < -0.39 is 10.0 Å². The van der Waals surface area contributed by atoms with E-state index in [9.17, 15) is 13.2 Å². The summed E-state index contributed by atoms with van der Waals surface area (Å²) in [4.78, 5) is 15.3. The zero-order valence-electron chi connectivity index (χ0n) is 18.3. The highest BCUT2D eigenvalue weighted by atomic mass is 32.2. The third kappa shape index (κ3) is 4.60. The van der Waals surface area contributed by atoms with Crippen molar-refractivity contribution in [3.05, 3.63) is 89.3 Å². The molecule has 2 heterocycles. The number of hydrogen-bond acceptors (Lipinski definition) is 4. The number of benzene rings is 2. The van der Waals surface area contributed by atoms with Crippen molar-refractivity contribution in [3.63, 3.8) is 0 Å². The minimum absolute atomic E-state index is 0.0630. The molecule has 0 saturated carbocycles. The number of sulfonamides is 1. The van der Waals surface area contributed by atoms with Crippen LogP contribution in [0, 0.1) is 13.8 Å². The highest BCUT2D eigenvalue weighted by Gasteiger charge is 2.21. The van der Waals surface area contributed by atoms with Gasteiger partial charge in [0.2, 0.25) is 10.0 Å². The molecule has 4 rings (SSSR count). The van der Waals surface area contributed by atoms with Crippen molar-refractivity contribution >= 4 is 21.4 Å². The molecule has 2 N–H and O–H groups in total. The van der Waals surface area contributed by atoms with Crippen LogP contribution >= 0.6 is 0 Å². The van der Waals surface area contributed by atoms with E-state index in [1.165, 1.54) is 23.3 Å². The maximum Gasteiger partial charge on any atom is 0.238 e. The molecule has 0 aliphatic carbocycles. The average Bonchev–Trinajstić information content (AvgIpc) is 3.08. The zero-order chi connectivity index (χ0) is 22.9. The van der Waals surface area contributed by atoms with Gasteiger partial charge in [0.15, 0.2) is 5.78 Å². The third-order valence-electron chi connectivity index (χ3n) is 5.96. The van der Waals surface area contributed by atoms with Gasteiger partial charge in [0, 0.05) is 35.7 Å². The highest BCUT2D eigenvalue weighted by Crippen LogP contribution is 2.25. The fraction of sp³-hybridized carbons (Fsp3) is 0.240. The number of hydrogen-bond donors (Lipinski definition) is 1. The summed E-state index contributed by atoms with van der Waals surface area (Å²) in [5, 5.41) is 5.19. The lowest BCUT2D eigenvalue weighted by atomic mass is 9.99. The van der Waals surface area contributed by atoms with Gasteiger partial charge in [-0.3, -0.25) is 9.69 Å². The number of carbonyl (C=O) groups excluding carboxylic acids is 1. The molecule has 0 fully saturated rings. The van der Waals surface area contributed by atoms with Gasteiger partial charge >= 0.3 is 0 Å². The predicted octanol–water partition coefficient (Wildman–Crippen LogP) is 3.71. The van der Waals surface area contributed by atoms with Crippen molar-refractivity contribution in [2.75, 3.05) is 19.6 Å². The molecule has 1 aliphatic rings. The Bertz CT molecular complexity index is 1270. The van der Waals surface area contributed by atoms with Gasteiger partial charge in [0.1, 0.15) is 0 Å². The number of aromatic nitrogens is 1. The van der Waals surface area contributed by atoms with Crippen LogP contribution in [0.25, 0.3) is 11.3 Å². The second-order valence-electron chi connectivity index (χ2n) is 8.16. The van der Waals surface area contributed by atoms with Gasteiger partial charge in [-0.25, -0.2) is 13.6 Å². The highest BCUT2D eigenvalue weighted by molar-refractivity contribution is 7.89. The van der Waals surface area contributed by atoms with Gasteiger partial charge < -0.3 is 4.57 Å². The van der Waals surface area contributed by atoms with Crippen LogP contribution in [0.1, 0.15) is 33.7 Å². The minimum Gasteiger partial charge on any atom is -0.318 e. The Morgan fingerprint density at radius 3 is 2.31 bits per heavy atom. The lowest BCUT2D eigenvalue weighted by molar-refractivity contribution is 0.0937. The zero-order valence-corrected chi connectivity index (χ0v) is 19.1. The van der Waals surface area contributed by atoms with Gasteiger partial charge in [-0.2, -0.15) is 0 Å². The van der Waals surface area contributed by atoms with Crippen molar-refractivity contribution in [1.82, 2.24) is 9.47 Å². The summed E-state index contributed by atoms with van der Waals surface area (Å²) < 4.78 is 25.0. The van der Waals surface area contributed by atoms with E-state index in [4.69, 9.17) is 5.14 Å². The van der Waals surface area contributed by atoms with E-state index in [0.29, 0.717) is 12.1 Å². The van der Waals surface area contributed by atoms with Gasteiger partial charge in [-0.05, 0) is 61.7 Å². The summed E-state index contributed by atoms with van der Waals surface area (Å²) >= 11 is 0.